The lowest BCUT2D eigenvalue weighted by atomic mass is 9.96. The Morgan fingerprint density at radius 2 is 1.85 bits per heavy atom. The molecule has 3 rings (SSSR count). The van der Waals surface area contributed by atoms with E-state index in [2.05, 4.69) is 35.8 Å². The monoisotopic (exact) mass is 356 g/mol. The minimum absolute atomic E-state index is 0.0559. The number of benzene rings is 1. The molecule has 2 aromatic rings. The third-order valence-electron chi connectivity index (χ3n) is 4.58. The number of amides is 1. The molecule has 0 aliphatic carbocycles. The smallest absolute Gasteiger partial charge is 0.236 e. The van der Waals surface area contributed by atoms with Crippen molar-refractivity contribution in [1.82, 2.24) is 19.9 Å². The van der Waals surface area contributed by atoms with Gasteiger partial charge in [-0.1, -0.05) is 50.2 Å². The molecular weight excluding hydrogens is 328 g/mol. The number of carbonyl (C=O) groups excluding carboxylic acids is 1. The molecular formula is C20H28N4O2. The number of rotatable bonds is 4. The lowest BCUT2D eigenvalue weighted by Gasteiger charge is -2.37. The second kappa shape index (κ2) is 7.58. The standard InChI is InChI=1S/C20H28N4O2/c1-15-7-5-6-8-16(15)19-21-17(26-22-19)13-18(25)24-11-9-23(10-12-24)14-20(2,3)4/h5-8H,9-14H2,1-4H3. The highest BCUT2D eigenvalue weighted by atomic mass is 16.5. The first-order chi connectivity index (χ1) is 12.3. The lowest BCUT2D eigenvalue weighted by molar-refractivity contribution is -0.132. The van der Waals surface area contributed by atoms with E-state index in [1.165, 1.54) is 0 Å². The minimum atomic E-state index is 0.0559. The summed E-state index contributed by atoms with van der Waals surface area (Å²) >= 11 is 0. The van der Waals surface area contributed by atoms with Gasteiger partial charge in [0.2, 0.25) is 17.6 Å². The first kappa shape index (κ1) is 18.6. The van der Waals surface area contributed by atoms with Crippen LogP contribution in [0, 0.1) is 12.3 Å². The summed E-state index contributed by atoms with van der Waals surface area (Å²) in [6.45, 7) is 13.1. The summed E-state index contributed by atoms with van der Waals surface area (Å²) < 4.78 is 5.30. The number of hydrogen-bond acceptors (Lipinski definition) is 5. The van der Waals surface area contributed by atoms with Gasteiger partial charge in [0.25, 0.3) is 0 Å². The van der Waals surface area contributed by atoms with Crippen molar-refractivity contribution in [3.63, 3.8) is 0 Å². The lowest BCUT2D eigenvalue weighted by Crippen LogP contribution is -2.50. The minimum Gasteiger partial charge on any atom is -0.340 e. The molecule has 140 valence electrons. The second-order valence-corrected chi connectivity index (χ2v) is 8.22. The Morgan fingerprint density at radius 3 is 2.50 bits per heavy atom. The molecule has 0 radical (unpaired) electrons. The van der Waals surface area contributed by atoms with Crippen LogP contribution in [0.1, 0.15) is 32.2 Å². The van der Waals surface area contributed by atoms with E-state index >= 15 is 0 Å². The van der Waals surface area contributed by atoms with Crippen LogP contribution >= 0.6 is 0 Å². The molecule has 1 amide bonds. The molecule has 1 aromatic carbocycles. The molecule has 1 fully saturated rings. The van der Waals surface area contributed by atoms with Crippen LogP contribution in [-0.2, 0) is 11.2 Å². The molecule has 0 bridgehead atoms. The van der Waals surface area contributed by atoms with Crippen molar-refractivity contribution in [2.45, 2.75) is 34.1 Å². The number of aromatic nitrogens is 2. The van der Waals surface area contributed by atoms with Crippen molar-refractivity contribution >= 4 is 5.91 Å². The van der Waals surface area contributed by atoms with Crippen molar-refractivity contribution < 1.29 is 9.32 Å². The highest BCUT2D eigenvalue weighted by molar-refractivity contribution is 5.78. The molecule has 1 aliphatic rings. The van der Waals surface area contributed by atoms with Gasteiger partial charge in [0.05, 0.1) is 0 Å². The fourth-order valence-corrected chi connectivity index (χ4v) is 3.33. The fraction of sp³-hybridized carbons (Fsp3) is 0.550. The maximum Gasteiger partial charge on any atom is 0.236 e. The molecule has 26 heavy (non-hydrogen) atoms. The summed E-state index contributed by atoms with van der Waals surface area (Å²) in [6.07, 6.45) is 0.165. The molecule has 1 aliphatic heterocycles. The van der Waals surface area contributed by atoms with Crippen molar-refractivity contribution in [3.05, 3.63) is 35.7 Å². The quantitative estimate of drug-likeness (QED) is 0.843. The number of carbonyl (C=O) groups is 1. The summed E-state index contributed by atoms with van der Waals surface area (Å²) in [7, 11) is 0. The van der Waals surface area contributed by atoms with Crippen LogP contribution in [-0.4, -0.2) is 58.6 Å². The van der Waals surface area contributed by atoms with Crippen LogP contribution in [0.5, 0.6) is 0 Å². The Kier molecular flexibility index (Phi) is 5.41. The van der Waals surface area contributed by atoms with Gasteiger partial charge in [-0.05, 0) is 17.9 Å². The number of piperazine rings is 1. The third kappa shape index (κ3) is 4.69. The highest BCUT2D eigenvalue weighted by Gasteiger charge is 2.25. The molecule has 0 N–H and O–H groups in total. The SMILES string of the molecule is Cc1ccccc1-c1noc(CC(=O)N2CCN(CC(C)(C)C)CC2)n1. The Bertz CT molecular complexity index is 755. The van der Waals surface area contributed by atoms with Crippen LogP contribution < -0.4 is 0 Å². The van der Waals surface area contributed by atoms with Crippen LogP contribution in [0.4, 0.5) is 0 Å². The number of hydrogen-bond donors (Lipinski definition) is 0. The summed E-state index contributed by atoms with van der Waals surface area (Å²) in [6, 6.07) is 7.89. The molecule has 6 nitrogen and oxygen atoms in total. The summed E-state index contributed by atoms with van der Waals surface area (Å²) in [5, 5.41) is 4.03. The van der Waals surface area contributed by atoms with Crippen LogP contribution in [0.25, 0.3) is 11.4 Å². The maximum atomic E-state index is 12.6. The zero-order valence-electron chi connectivity index (χ0n) is 16.2. The van der Waals surface area contributed by atoms with E-state index in [0.717, 1.165) is 43.9 Å². The van der Waals surface area contributed by atoms with E-state index in [1.807, 2.05) is 36.1 Å². The topological polar surface area (TPSA) is 62.5 Å². The molecule has 1 aromatic heterocycles. The fourth-order valence-electron chi connectivity index (χ4n) is 3.33. The zero-order valence-corrected chi connectivity index (χ0v) is 16.2. The molecule has 0 atom stereocenters. The normalized spacial score (nSPS) is 16.1. The van der Waals surface area contributed by atoms with Gasteiger partial charge in [-0.2, -0.15) is 4.98 Å². The van der Waals surface area contributed by atoms with Crippen LogP contribution in [0.15, 0.2) is 28.8 Å². The van der Waals surface area contributed by atoms with E-state index in [9.17, 15) is 4.79 Å². The van der Waals surface area contributed by atoms with Crippen molar-refractivity contribution in [1.29, 1.82) is 0 Å². The Labute approximate surface area is 155 Å². The predicted molar refractivity (Wildman–Crippen MR) is 101 cm³/mol. The molecule has 0 saturated carbocycles. The first-order valence-electron chi connectivity index (χ1n) is 9.20. The molecule has 2 heterocycles. The van der Waals surface area contributed by atoms with E-state index in [0.29, 0.717) is 11.7 Å². The number of nitrogens with zero attached hydrogens (tertiary/aromatic N) is 4. The van der Waals surface area contributed by atoms with Gasteiger partial charge in [-0.15, -0.1) is 0 Å². The van der Waals surface area contributed by atoms with Crippen molar-refractivity contribution in [2.24, 2.45) is 5.41 Å². The van der Waals surface area contributed by atoms with Crippen molar-refractivity contribution in [2.75, 3.05) is 32.7 Å². The van der Waals surface area contributed by atoms with E-state index in [4.69, 9.17) is 4.52 Å². The van der Waals surface area contributed by atoms with E-state index < -0.39 is 0 Å². The third-order valence-corrected chi connectivity index (χ3v) is 4.58. The molecule has 1 saturated heterocycles. The second-order valence-electron chi connectivity index (χ2n) is 8.22. The van der Waals surface area contributed by atoms with Gasteiger partial charge < -0.3 is 9.42 Å². The predicted octanol–water partition coefficient (Wildman–Crippen LogP) is 2.78. The first-order valence-corrected chi connectivity index (χ1v) is 9.20. The van der Waals surface area contributed by atoms with Gasteiger partial charge in [-0.25, -0.2) is 0 Å². The summed E-state index contributed by atoms with van der Waals surface area (Å²) in [5.41, 5.74) is 2.30. The van der Waals surface area contributed by atoms with E-state index in [1.54, 1.807) is 0 Å². The van der Waals surface area contributed by atoms with Gasteiger partial charge in [-0.3, -0.25) is 9.69 Å². The molecule has 0 unspecified atom stereocenters. The van der Waals surface area contributed by atoms with E-state index in [-0.39, 0.29) is 17.7 Å². The van der Waals surface area contributed by atoms with Gasteiger partial charge in [0.1, 0.15) is 6.42 Å². The Morgan fingerprint density at radius 1 is 1.15 bits per heavy atom. The van der Waals surface area contributed by atoms with Crippen LogP contribution in [0.3, 0.4) is 0 Å². The molecule has 6 heteroatoms. The summed E-state index contributed by atoms with van der Waals surface area (Å²) in [5.74, 6) is 0.978. The van der Waals surface area contributed by atoms with Gasteiger partial charge in [0, 0.05) is 38.3 Å². The van der Waals surface area contributed by atoms with Crippen molar-refractivity contribution in [3.8, 4) is 11.4 Å². The average molecular weight is 356 g/mol. The highest BCUT2D eigenvalue weighted by Crippen LogP contribution is 2.20. The van der Waals surface area contributed by atoms with Gasteiger partial charge in [0.15, 0.2) is 0 Å². The zero-order chi connectivity index (χ0) is 18.7. The Hall–Kier alpha value is -2.21. The molecule has 0 spiro atoms. The maximum absolute atomic E-state index is 12.6. The largest absolute Gasteiger partial charge is 0.340 e. The van der Waals surface area contributed by atoms with Gasteiger partial charge >= 0.3 is 0 Å². The Balaban J connectivity index is 1.56. The summed E-state index contributed by atoms with van der Waals surface area (Å²) in [4.78, 5) is 21.3. The number of aryl methyl sites for hydroxylation is 1. The average Bonchev–Trinajstić information content (AvgIpc) is 3.02. The van der Waals surface area contributed by atoms with Crippen LogP contribution in [0.2, 0.25) is 0 Å².